The molecule has 1 atom stereocenters. The number of halogens is 1. The summed E-state index contributed by atoms with van der Waals surface area (Å²) in [6.45, 7) is 3.49. The molecule has 0 heterocycles. The van der Waals surface area contributed by atoms with Gasteiger partial charge in [0.2, 0.25) is 0 Å². The van der Waals surface area contributed by atoms with Crippen molar-refractivity contribution < 1.29 is 14.7 Å². The number of rotatable bonds is 4. The van der Waals surface area contributed by atoms with E-state index < -0.39 is 18.0 Å². The van der Waals surface area contributed by atoms with Crippen LogP contribution in [0.3, 0.4) is 0 Å². The Hall–Kier alpha value is -1.75. The van der Waals surface area contributed by atoms with E-state index in [4.69, 9.17) is 16.7 Å². The molecule has 0 spiro atoms. The lowest BCUT2D eigenvalue weighted by molar-refractivity contribution is -0.139. The van der Waals surface area contributed by atoms with Crippen LogP contribution < -0.4 is 10.6 Å². The van der Waals surface area contributed by atoms with Gasteiger partial charge in [-0.25, -0.2) is 9.59 Å². The van der Waals surface area contributed by atoms with Crippen LogP contribution in [0.15, 0.2) is 18.2 Å². The van der Waals surface area contributed by atoms with E-state index in [0.29, 0.717) is 17.1 Å². The molecule has 18 heavy (non-hydrogen) atoms. The summed E-state index contributed by atoms with van der Waals surface area (Å²) < 4.78 is 0. The minimum atomic E-state index is -1.06. The second-order valence-corrected chi connectivity index (χ2v) is 4.29. The largest absolute Gasteiger partial charge is 0.480 e. The quantitative estimate of drug-likeness (QED) is 0.787. The Morgan fingerprint density at radius 1 is 1.44 bits per heavy atom. The van der Waals surface area contributed by atoms with E-state index >= 15 is 0 Å². The predicted octanol–water partition coefficient (Wildman–Crippen LogP) is 2.63. The number of carboxylic acid groups (broad SMARTS) is 1. The number of anilines is 1. The van der Waals surface area contributed by atoms with E-state index in [1.54, 1.807) is 32.0 Å². The van der Waals surface area contributed by atoms with Gasteiger partial charge in [-0.05, 0) is 37.1 Å². The van der Waals surface area contributed by atoms with Crippen LogP contribution in [0.4, 0.5) is 10.5 Å². The Bertz CT molecular complexity index is 463. The van der Waals surface area contributed by atoms with Crippen LogP contribution in [0.1, 0.15) is 18.9 Å². The van der Waals surface area contributed by atoms with Gasteiger partial charge < -0.3 is 15.7 Å². The van der Waals surface area contributed by atoms with Crippen molar-refractivity contribution in [2.45, 2.75) is 26.3 Å². The predicted molar refractivity (Wildman–Crippen MR) is 70.1 cm³/mol. The fourth-order valence-electron chi connectivity index (χ4n) is 1.42. The second-order valence-electron chi connectivity index (χ2n) is 3.86. The first-order valence-corrected chi connectivity index (χ1v) is 5.88. The van der Waals surface area contributed by atoms with Crippen molar-refractivity contribution in [2.24, 2.45) is 0 Å². The Morgan fingerprint density at radius 2 is 2.11 bits per heavy atom. The molecule has 1 unspecified atom stereocenters. The molecule has 1 aromatic carbocycles. The summed E-state index contributed by atoms with van der Waals surface area (Å²) in [6.07, 6.45) is 0.322. The summed E-state index contributed by atoms with van der Waals surface area (Å²) in [5.74, 6) is -1.06. The van der Waals surface area contributed by atoms with E-state index in [1.165, 1.54) is 0 Å². The maximum atomic E-state index is 11.6. The Morgan fingerprint density at radius 3 is 2.61 bits per heavy atom. The number of carbonyl (C=O) groups is 2. The molecule has 5 nitrogen and oxygen atoms in total. The zero-order valence-electron chi connectivity index (χ0n) is 10.2. The Kier molecular flexibility index (Phi) is 4.97. The lowest BCUT2D eigenvalue weighted by Crippen LogP contribution is -2.42. The third-order valence-electron chi connectivity index (χ3n) is 2.45. The first-order valence-electron chi connectivity index (χ1n) is 5.50. The van der Waals surface area contributed by atoms with Crippen molar-refractivity contribution in [3.05, 3.63) is 28.8 Å². The number of carbonyl (C=O) groups excluding carboxylic acids is 1. The highest BCUT2D eigenvalue weighted by atomic mass is 35.5. The number of benzene rings is 1. The average molecular weight is 271 g/mol. The van der Waals surface area contributed by atoms with Gasteiger partial charge in [0.05, 0.1) is 0 Å². The van der Waals surface area contributed by atoms with Gasteiger partial charge in [0.25, 0.3) is 0 Å². The molecule has 0 bridgehead atoms. The van der Waals surface area contributed by atoms with Crippen molar-refractivity contribution in [3.8, 4) is 0 Å². The van der Waals surface area contributed by atoms with Crippen LogP contribution in [-0.4, -0.2) is 23.1 Å². The maximum absolute atomic E-state index is 11.6. The average Bonchev–Trinajstić information content (AvgIpc) is 2.29. The standard InChI is InChI=1S/C12H15ClN2O3/c1-3-9(11(16)17)14-12(18)15-10-5-4-8(13)6-7(10)2/h4-6,9H,3H2,1-2H3,(H,16,17)(H2,14,15,18). The van der Waals surface area contributed by atoms with Gasteiger partial charge in [-0.15, -0.1) is 0 Å². The Labute approximate surface area is 110 Å². The van der Waals surface area contributed by atoms with E-state index in [2.05, 4.69) is 10.6 Å². The van der Waals surface area contributed by atoms with Crippen LogP contribution in [0.2, 0.25) is 5.02 Å². The van der Waals surface area contributed by atoms with Crippen molar-refractivity contribution in [1.29, 1.82) is 0 Å². The molecule has 0 fully saturated rings. The minimum absolute atomic E-state index is 0.322. The number of aryl methyl sites for hydroxylation is 1. The Balaban J connectivity index is 2.67. The molecule has 0 saturated heterocycles. The molecule has 0 saturated carbocycles. The highest BCUT2D eigenvalue weighted by Crippen LogP contribution is 2.19. The lowest BCUT2D eigenvalue weighted by atomic mass is 10.2. The zero-order chi connectivity index (χ0) is 13.7. The minimum Gasteiger partial charge on any atom is -0.480 e. The van der Waals surface area contributed by atoms with Gasteiger partial charge in [0.15, 0.2) is 0 Å². The van der Waals surface area contributed by atoms with Gasteiger partial charge in [-0.1, -0.05) is 18.5 Å². The molecule has 0 aromatic heterocycles. The van der Waals surface area contributed by atoms with Gasteiger partial charge in [0, 0.05) is 10.7 Å². The number of aliphatic carboxylic acids is 1. The van der Waals surface area contributed by atoms with E-state index in [9.17, 15) is 9.59 Å². The lowest BCUT2D eigenvalue weighted by Gasteiger charge is -2.14. The normalized spacial score (nSPS) is 11.7. The smallest absolute Gasteiger partial charge is 0.326 e. The highest BCUT2D eigenvalue weighted by molar-refractivity contribution is 6.30. The maximum Gasteiger partial charge on any atom is 0.326 e. The summed E-state index contributed by atoms with van der Waals surface area (Å²) in [7, 11) is 0. The number of carboxylic acids is 1. The van der Waals surface area contributed by atoms with Crippen LogP contribution in [0.25, 0.3) is 0 Å². The first-order chi connectivity index (χ1) is 8.43. The third kappa shape index (κ3) is 3.92. The molecule has 0 aliphatic carbocycles. The topological polar surface area (TPSA) is 78.4 Å². The molecule has 0 radical (unpaired) electrons. The van der Waals surface area contributed by atoms with Crippen molar-refractivity contribution in [2.75, 3.05) is 5.32 Å². The SMILES string of the molecule is CCC(NC(=O)Nc1ccc(Cl)cc1C)C(=O)O. The first kappa shape index (κ1) is 14.3. The third-order valence-corrected chi connectivity index (χ3v) is 2.68. The van der Waals surface area contributed by atoms with Gasteiger partial charge in [-0.3, -0.25) is 0 Å². The number of amides is 2. The molecular formula is C12H15ClN2O3. The molecule has 3 N–H and O–H groups in total. The number of urea groups is 1. The zero-order valence-corrected chi connectivity index (χ0v) is 10.9. The highest BCUT2D eigenvalue weighted by Gasteiger charge is 2.17. The van der Waals surface area contributed by atoms with Gasteiger partial charge in [0.1, 0.15) is 6.04 Å². The molecule has 0 aliphatic rings. The van der Waals surface area contributed by atoms with Crippen LogP contribution in [0.5, 0.6) is 0 Å². The second kappa shape index (κ2) is 6.26. The molecular weight excluding hydrogens is 256 g/mol. The van der Waals surface area contributed by atoms with Gasteiger partial charge >= 0.3 is 12.0 Å². The molecule has 98 valence electrons. The summed E-state index contributed by atoms with van der Waals surface area (Å²) in [5, 5.41) is 14.4. The number of nitrogens with one attached hydrogen (secondary N) is 2. The molecule has 2 amide bonds. The van der Waals surface area contributed by atoms with Crippen LogP contribution in [0, 0.1) is 6.92 Å². The van der Waals surface area contributed by atoms with Crippen molar-refractivity contribution >= 4 is 29.3 Å². The van der Waals surface area contributed by atoms with Gasteiger partial charge in [-0.2, -0.15) is 0 Å². The molecule has 1 rings (SSSR count). The van der Waals surface area contributed by atoms with Crippen LogP contribution in [-0.2, 0) is 4.79 Å². The summed E-state index contributed by atoms with van der Waals surface area (Å²) in [6, 6.07) is 3.59. The summed E-state index contributed by atoms with van der Waals surface area (Å²) >= 11 is 5.80. The molecule has 6 heteroatoms. The molecule has 1 aromatic rings. The number of hydrogen-bond acceptors (Lipinski definition) is 2. The number of hydrogen-bond donors (Lipinski definition) is 3. The van der Waals surface area contributed by atoms with E-state index in [1.807, 2.05) is 0 Å². The van der Waals surface area contributed by atoms with Crippen molar-refractivity contribution in [3.63, 3.8) is 0 Å². The van der Waals surface area contributed by atoms with E-state index in [0.717, 1.165) is 5.56 Å². The summed E-state index contributed by atoms with van der Waals surface area (Å²) in [4.78, 5) is 22.4. The molecule has 0 aliphatic heterocycles. The fourth-order valence-corrected chi connectivity index (χ4v) is 1.65. The van der Waals surface area contributed by atoms with E-state index in [-0.39, 0.29) is 0 Å². The van der Waals surface area contributed by atoms with Crippen LogP contribution >= 0.6 is 11.6 Å². The monoisotopic (exact) mass is 270 g/mol. The fraction of sp³-hybridized carbons (Fsp3) is 0.333. The van der Waals surface area contributed by atoms with Crippen molar-refractivity contribution in [1.82, 2.24) is 5.32 Å². The summed E-state index contributed by atoms with van der Waals surface area (Å²) in [5.41, 5.74) is 1.40.